The van der Waals surface area contributed by atoms with Gasteiger partial charge in [0.05, 0.1) is 10.0 Å². The third kappa shape index (κ3) is 1.34. The summed E-state index contributed by atoms with van der Waals surface area (Å²) in [6.07, 6.45) is 0. The number of fused-ring (bicyclic) bond motifs is 1. The van der Waals surface area contributed by atoms with Gasteiger partial charge in [-0.3, -0.25) is 0 Å². The molecule has 0 bridgehead atoms. The van der Waals surface area contributed by atoms with E-state index in [4.69, 9.17) is 23.2 Å². The van der Waals surface area contributed by atoms with Gasteiger partial charge in [0, 0.05) is 5.39 Å². The summed E-state index contributed by atoms with van der Waals surface area (Å²) in [6, 6.07) is 8.76. The van der Waals surface area contributed by atoms with Crippen LogP contribution >= 0.6 is 23.2 Å². The molecule has 1 N–H and O–H groups in total. The average Bonchev–Trinajstić information content (AvgIpc) is 2.12. The van der Waals surface area contributed by atoms with Crippen LogP contribution in [0.1, 0.15) is 0 Å². The van der Waals surface area contributed by atoms with Gasteiger partial charge in [0.2, 0.25) is 0 Å². The smallest absolute Gasteiger partial charge is 0.124 e. The van der Waals surface area contributed by atoms with Crippen molar-refractivity contribution in [3.63, 3.8) is 0 Å². The molecule has 66 valence electrons. The molecule has 0 aliphatic rings. The minimum Gasteiger partial charge on any atom is -0.507 e. The highest BCUT2D eigenvalue weighted by molar-refractivity contribution is 6.45. The Bertz CT molecular complexity index is 466. The molecule has 0 atom stereocenters. The second kappa shape index (κ2) is 3.09. The van der Waals surface area contributed by atoms with E-state index in [1.54, 1.807) is 18.2 Å². The first kappa shape index (κ1) is 8.67. The largest absolute Gasteiger partial charge is 0.507 e. The molecule has 0 heterocycles. The van der Waals surface area contributed by atoms with Gasteiger partial charge in [-0.2, -0.15) is 0 Å². The SMILES string of the molecule is Oc1cccc2ccc(Cl)c(Cl)c12. The highest BCUT2D eigenvalue weighted by Crippen LogP contribution is 2.35. The molecule has 0 spiro atoms. The Morgan fingerprint density at radius 1 is 1.00 bits per heavy atom. The molecule has 2 rings (SSSR count). The van der Waals surface area contributed by atoms with Crippen LogP contribution in [0.15, 0.2) is 30.3 Å². The van der Waals surface area contributed by atoms with E-state index in [-0.39, 0.29) is 5.75 Å². The van der Waals surface area contributed by atoms with Crippen molar-refractivity contribution in [3.8, 4) is 5.75 Å². The van der Waals surface area contributed by atoms with Crippen molar-refractivity contribution in [1.82, 2.24) is 0 Å². The maximum Gasteiger partial charge on any atom is 0.124 e. The van der Waals surface area contributed by atoms with Crippen LogP contribution in [0, 0.1) is 0 Å². The lowest BCUT2D eigenvalue weighted by atomic mass is 10.1. The van der Waals surface area contributed by atoms with E-state index in [0.29, 0.717) is 15.4 Å². The summed E-state index contributed by atoms with van der Waals surface area (Å²) >= 11 is 11.8. The predicted molar refractivity (Wildman–Crippen MR) is 55.6 cm³/mol. The van der Waals surface area contributed by atoms with E-state index in [0.717, 1.165) is 5.39 Å². The third-order valence-corrected chi connectivity index (χ3v) is 2.72. The van der Waals surface area contributed by atoms with Crippen molar-refractivity contribution in [2.75, 3.05) is 0 Å². The normalized spacial score (nSPS) is 10.6. The Morgan fingerprint density at radius 3 is 2.54 bits per heavy atom. The summed E-state index contributed by atoms with van der Waals surface area (Å²) in [4.78, 5) is 0. The van der Waals surface area contributed by atoms with Crippen LogP contribution in [0.25, 0.3) is 10.8 Å². The van der Waals surface area contributed by atoms with Crippen LogP contribution in [0.2, 0.25) is 10.0 Å². The van der Waals surface area contributed by atoms with Crippen LogP contribution in [0.5, 0.6) is 5.75 Å². The molecule has 0 radical (unpaired) electrons. The first-order valence-corrected chi connectivity index (χ1v) is 4.51. The Hall–Kier alpha value is -0.920. The summed E-state index contributed by atoms with van der Waals surface area (Å²) in [6.45, 7) is 0. The molecule has 0 aliphatic heterocycles. The molecule has 0 aromatic heterocycles. The van der Waals surface area contributed by atoms with Crippen molar-refractivity contribution in [2.45, 2.75) is 0 Å². The maximum absolute atomic E-state index is 9.53. The van der Waals surface area contributed by atoms with Gasteiger partial charge in [-0.25, -0.2) is 0 Å². The Morgan fingerprint density at radius 2 is 1.77 bits per heavy atom. The zero-order valence-corrected chi connectivity index (χ0v) is 8.10. The molecule has 0 unspecified atom stereocenters. The van der Waals surface area contributed by atoms with Gasteiger partial charge in [0.15, 0.2) is 0 Å². The second-order valence-corrected chi connectivity index (χ2v) is 3.52. The lowest BCUT2D eigenvalue weighted by Crippen LogP contribution is -1.76. The number of rotatable bonds is 0. The average molecular weight is 213 g/mol. The minimum atomic E-state index is 0.157. The molecular weight excluding hydrogens is 207 g/mol. The van der Waals surface area contributed by atoms with Crippen LogP contribution in [-0.2, 0) is 0 Å². The van der Waals surface area contributed by atoms with Crippen LogP contribution in [-0.4, -0.2) is 5.11 Å². The zero-order chi connectivity index (χ0) is 9.42. The van der Waals surface area contributed by atoms with E-state index in [2.05, 4.69) is 0 Å². The van der Waals surface area contributed by atoms with Crippen LogP contribution in [0.3, 0.4) is 0 Å². The van der Waals surface area contributed by atoms with E-state index in [1.165, 1.54) is 0 Å². The van der Waals surface area contributed by atoms with Gasteiger partial charge >= 0.3 is 0 Å². The molecule has 0 aliphatic carbocycles. The lowest BCUT2D eigenvalue weighted by molar-refractivity contribution is 0.481. The van der Waals surface area contributed by atoms with Gasteiger partial charge in [0.1, 0.15) is 5.75 Å². The number of aromatic hydroxyl groups is 1. The number of phenolic OH excluding ortho intramolecular Hbond substituents is 1. The Labute approximate surface area is 85.5 Å². The first-order valence-electron chi connectivity index (χ1n) is 3.76. The van der Waals surface area contributed by atoms with Crippen LogP contribution < -0.4 is 0 Å². The number of phenols is 1. The molecule has 13 heavy (non-hydrogen) atoms. The summed E-state index contributed by atoms with van der Waals surface area (Å²) in [7, 11) is 0. The fourth-order valence-electron chi connectivity index (χ4n) is 1.29. The molecule has 3 heteroatoms. The monoisotopic (exact) mass is 212 g/mol. The standard InChI is InChI=1S/C10H6Cl2O/c11-7-5-4-6-2-1-3-8(13)9(6)10(7)12/h1-5,13H. The molecule has 0 saturated heterocycles. The summed E-state index contributed by atoms with van der Waals surface area (Å²) in [5.74, 6) is 0.157. The van der Waals surface area contributed by atoms with Gasteiger partial charge < -0.3 is 5.11 Å². The predicted octanol–water partition coefficient (Wildman–Crippen LogP) is 3.85. The Kier molecular flexibility index (Phi) is 2.06. The zero-order valence-electron chi connectivity index (χ0n) is 6.59. The summed E-state index contributed by atoms with van der Waals surface area (Å²) in [5, 5.41) is 11.9. The van der Waals surface area contributed by atoms with E-state index in [9.17, 15) is 5.11 Å². The van der Waals surface area contributed by atoms with Crippen LogP contribution in [0.4, 0.5) is 0 Å². The number of benzene rings is 2. The second-order valence-electron chi connectivity index (χ2n) is 2.74. The summed E-state index contributed by atoms with van der Waals surface area (Å²) in [5.41, 5.74) is 0. The molecule has 0 fully saturated rings. The van der Waals surface area contributed by atoms with E-state index >= 15 is 0 Å². The molecule has 0 amide bonds. The van der Waals surface area contributed by atoms with Crippen molar-refractivity contribution < 1.29 is 5.11 Å². The summed E-state index contributed by atoms with van der Waals surface area (Å²) < 4.78 is 0. The number of halogens is 2. The fraction of sp³-hybridized carbons (Fsp3) is 0. The number of hydrogen-bond acceptors (Lipinski definition) is 1. The van der Waals surface area contributed by atoms with E-state index in [1.807, 2.05) is 12.1 Å². The highest BCUT2D eigenvalue weighted by atomic mass is 35.5. The highest BCUT2D eigenvalue weighted by Gasteiger charge is 2.06. The minimum absolute atomic E-state index is 0.157. The maximum atomic E-state index is 9.53. The van der Waals surface area contributed by atoms with Gasteiger partial charge in [-0.05, 0) is 17.5 Å². The lowest BCUT2D eigenvalue weighted by Gasteiger charge is -2.03. The first-order chi connectivity index (χ1) is 6.20. The quantitative estimate of drug-likeness (QED) is 0.704. The van der Waals surface area contributed by atoms with Crippen molar-refractivity contribution in [2.24, 2.45) is 0 Å². The third-order valence-electron chi connectivity index (χ3n) is 1.91. The number of hydrogen-bond donors (Lipinski definition) is 1. The van der Waals surface area contributed by atoms with Crippen molar-refractivity contribution >= 4 is 34.0 Å². The molecular formula is C10H6Cl2O. The molecule has 1 nitrogen and oxygen atoms in total. The van der Waals surface area contributed by atoms with Gasteiger partial charge in [-0.1, -0.05) is 41.4 Å². The fourth-order valence-corrected chi connectivity index (χ4v) is 1.72. The van der Waals surface area contributed by atoms with E-state index < -0.39 is 0 Å². The molecule has 0 saturated carbocycles. The van der Waals surface area contributed by atoms with Gasteiger partial charge in [-0.15, -0.1) is 0 Å². The Balaban J connectivity index is 2.97. The molecule has 2 aromatic rings. The molecule has 2 aromatic carbocycles. The van der Waals surface area contributed by atoms with Crippen molar-refractivity contribution in [1.29, 1.82) is 0 Å². The van der Waals surface area contributed by atoms with Crippen molar-refractivity contribution in [3.05, 3.63) is 40.4 Å². The topological polar surface area (TPSA) is 20.2 Å². The van der Waals surface area contributed by atoms with Gasteiger partial charge in [0.25, 0.3) is 0 Å².